The van der Waals surface area contributed by atoms with E-state index in [0.717, 1.165) is 6.42 Å². The fourth-order valence-corrected chi connectivity index (χ4v) is 0.802. The fraction of sp³-hybridized carbons (Fsp3) is 0.500. The predicted octanol–water partition coefficient (Wildman–Crippen LogP) is 3.14. The monoisotopic (exact) mass is 144 g/mol. The maximum Gasteiger partial charge on any atom is 0.0550 e. The van der Waals surface area contributed by atoms with Gasteiger partial charge in [0.05, 0.1) is 5.38 Å². The molecule has 0 saturated heterocycles. The molecule has 0 aromatic carbocycles. The number of allylic oxidation sites excluding steroid dienone is 4. The Hall–Kier alpha value is -0.230. The maximum atomic E-state index is 5.82. The van der Waals surface area contributed by atoms with E-state index in [1.165, 1.54) is 0 Å². The summed E-state index contributed by atoms with van der Waals surface area (Å²) in [7, 11) is 0. The lowest BCUT2D eigenvalue weighted by molar-refractivity contribution is 1.05. The van der Waals surface area contributed by atoms with Crippen LogP contribution in [0.2, 0.25) is 0 Å². The van der Waals surface area contributed by atoms with Crippen LogP contribution in [0.4, 0.5) is 0 Å². The first-order chi connectivity index (χ1) is 4.31. The summed E-state index contributed by atoms with van der Waals surface area (Å²) in [5.74, 6) is 0. The Balaban J connectivity index is 3.37. The largest absolute Gasteiger partial charge is 0.118 e. The van der Waals surface area contributed by atoms with E-state index >= 15 is 0 Å². The summed E-state index contributed by atoms with van der Waals surface area (Å²) in [6.07, 6.45) is 8.97. The highest BCUT2D eigenvalue weighted by molar-refractivity contribution is 6.21. The number of hydrogen-bond acceptors (Lipinski definition) is 0. The van der Waals surface area contributed by atoms with Crippen molar-refractivity contribution in [1.82, 2.24) is 0 Å². The second-order valence-electron chi connectivity index (χ2n) is 1.85. The van der Waals surface area contributed by atoms with Gasteiger partial charge < -0.3 is 0 Å². The molecule has 0 aliphatic rings. The van der Waals surface area contributed by atoms with Crippen LogP contribution in [0, 0.1) is 0 Å². The summed E-state index contributed by atoms with van der Waals surface area (Å²) in [4.78, 5) is 0. The molecule has 0 N–H and O–H groups in total. The van der Waals surface area contributed by atoms with Crippen LogP contribution in [0.3, 0.4) is 0 Å². The molecule has 1 atom stereocenters. The molecule has 0 fully saturated rings. The van der Waals surface area contributed by atoms with E-state index < -0.39 is 0 Å². The number of alkyl halides is 1. The summed E-state index contributed by atoms with van der Waals surface area (Å²) in [5.41, 5.74) is 0. The first kappa shape index (κ1) is 8.77. The molecule has 1 unspecified atom stereocenters. The van der Waals surface area contributed by atoms with Gasteiger partial charge in [0, 0.05) is 0 Å². The van der Waals surface area contributed by atoms with Gasteiger partial charge in [-0.25, -0.2) is 0 Å². The third-order valence-electron chi connectivity index (χ3n) is 0.998. The second kappa shape index (κ2) is 5.90. The standard InChI is InChI=1S/C8H13Cl/c1-3-5-7-8(9)6-4-2/h3-6,8H,7H2,1-2H3/b5-3+,6-4+. The lowest BCUT2D eigenvalue weighted by atomic mass is 10.2. The SMILES string of the molecule is C/C=C/CC(Cl)/C=C/C. The number of rotatable bonds is 3. The molecule has 0 spiro atoms. The molecule has 1 heteroatoms. The summed E-state index contributed by atoms with van der Waals surface area (Å²) >= 11 is 5.82. The van der Waals surface area contributed by atoms with E-state index in [4.69, 9.17) is 11.6 Å². The van der Waals surface area contributed by atoms with E-state index in [9.17, 15) is 0 Å². The van der Waals surface area contributed by atoms with Crippen molar-refractivity contribution in [3.8, 4) is 0 Å². The molecule has 52 valence electrons. The minimum absolute atomic E-state index is 0.172. The molecule has 0 heterocycles. The van der Waals surface area contributed by atoms with Crippen LogP contribution in [-0.2, 0) is 0 Å². The van der Waals surface area contributed by atoms with E-state index in [0.29, 0.717) is 0 Å². The quantitative estimate of drug-likeness (QED) is 0.422. The van der Waals surface area contributed by atoms with Crippen LogP contribution in [0.15, 0.2) is 24.3 Å². The molecule has 0 aliphatic carbocycles. The zero-order chi connectivity index (χ0) is 7.11. The van der Waals surface area contributed by atoms with Crippen molar-refractivity contribution in [2.45, 2.75) is 25.6 Å². The Bertz CT molecular complexity index is 103. The molecule has 0 bridgehead atoms. The number of halogens is 1. The Labute approximate surface area is 62.2 Å². The lowest BCUT2D eigenvalue weighted by Gasteiger charge is -1.95. The molecule has 0 saturated carbocycles. The van der Waals surface area contributed by atoms with Crippen LogP contribution in [0.25, 0.3) is 0 Å². The summed E-state index contributed by atoms with van der Waals surface area (Å²) < 4.78 is 0. The van der Waals surface area contributed by atoms with Gasteiger partial charge in [0.15, 0.2) is 0 Å². The Morgan fingerprint density at radius 3 is 2.44 bits per heavy atom. The summed E-state index contributed by atoms with van der Waals surface area (Å²) in [5, 5.41) is 0.172. The summed E-state index contributed by atoms with van der Waals surface area (Å²) in [6.45, 7) is 3.98. The van der Waals surface area contributed by atoms with Crippen molar-refractivity contribution in [3.63, 3.8) is 0 Å². The van der Waals surface area contributed by atoms with E-state index in [-0.39, 0.29) is 5.38 Å². The molecule has 0 nitrogen and oxygen atoms in total. The van der Waals surface area contributed by atoms with Crippen LogP contribution in [0.1, 0.15) is 20.3 Å². The highest BCUT2D eigenvalue weighted by Gasteiger charge is 1.91. The molecule has 9 heavy (non-hydrogen) atoms. The highest BCUT2D eigenvalue weighted by Crippen LogP contribution is 2.03. The first-order valence-corrected chi connectivity index (χ1v) is 3.63. The van der Waals surface area contributed by atoms with Gasteiger partial charge in [0.25, 0.3) is 0 Å². The van der Waals surface area contributed by atoms with E-state index in [1.807, 2.05) is 32.1 Å². The summed E-state index contributed by atoms with van der Waals surface area (Å²) in [6, 6.07) is 0. The zero-order valence-electron chi connectivity index (χ0n) is 5.97. The van der Waals surface area contributed by atoms with Crippen molar-refractivity contribution >= 4 is 11.6 Å². The van der Waals surface area contributed by atoms with E-state index in [2.05, 4.69) is 6.08 Å². The molecule has 0 aromatic rings. The smallest absolute Gasteiger partial charge is 0.0550 e. The van der Waals surface area contributed by atoms with Gasteiger partial charge in [-0.05, 0) is 20.3 Å². The third-order valence-corrected chi connectivity index (χ3v) is 1.32. The Morgan fingerprint density at radius 1 is 1.33 bits per heavy atom. The zero-order valence-corrected chi connectivity index (χ0v) is 6.73. The average molecular weight is 145 g/mol. The predicted molar refractivity (Wildman–Crippen MR) is 43.9 cm³/mol. The average Bonchev–Trinajstić information content (AvgIpc) is 1.85. The minimum Gasteiger partial charge on any atom is -0.118 e. The van der Waals surface area contributed by atoms with Crippen molar-refractivity contribution < 1.29 is 0 Å². The van der Waals surface area contributed by atoms with Crippen LogP contribution >= 0.6 is 11.6 Å². The van der Waals surface area contributed by atoms with Crippen LogP contribution < -0.4 is 0 Å². The van der Waals surface area contributed by atoms with Crippen molar-refractivity contribution in [3.05, 3.63) is 24.3 Å². The normalized spacial score (nSPS) is 15.4. The minimum atomic E-state index is 0.172. The molecule has 0 aromatic heterocycles. The van der Waals surface area contributed by atoms with Gasteiger partial charge in [-0.2, -0.15) is 0 Å². The second-order valence-corrected chi connectivity index (χ2v) is 2.41. The molecule has 0 aliphatic heterocycles. The number of hydrogen-bond donors (Lipinski definition) is 0. The Kier molecular flexibility index (Phi) is 5.75. The van der Waals surface area contributed by atoms with Gasteiger partial charge in [-0.15, -0.1) is 11.6 Å². The first-order valence-electron chi connectivity index (χ1n) is 3.19. The van der Waals surface area contributed by atoms with Gasteiger partial charge >= 0.3 is 0 Å². The highest BCUT2D eigenvalue weighted by atomic mass is 35.5. The molecule has 0 radical (unpaired) electrons. The van der Waals surface area contributed by atoms with Gasteiger partial charge in [-0.3, -0.25) is 0 Å². The van der Waals surface area contributed by atoms with Crippen LogP contribution in [0.5, 0.6) is 0 Å². The molecule has 0 amide bonds. The van der Waals surface area contributed by atoms with Crippen LogP contribution in [-0.4, -0.2) is 5.38 Å². The Morgan fingerprint density at radius 2 is 2.00 bits per heavy atom. The lowest BCUT2D eigenvalue weighted by Crippen LogP contribution is -1.88. The van der Waals surface area contributed by atoms with Gasteiger partial charge in [-0.1, -0.05) is 24.3 Å². The third kappa shape index (κ3) is 5.64. The van der Waals surface area contributed by atoms with Crippen molar-refractivity contribution in [2.24, 2.45) is 0 Å². The van der Waals surface area contributed by atoms with Crippen molar-refractivity contribution in [2.75, 3.05) is 0 Å². The van der Waals surface area contributed by atoms with Gasteiger partial charge in [0.1, 0.15) is 0 Å². The maximum absolute atomic E-state index is 5.82. The molecule has 0 rings (SSSR count). The van der Waals surface area contributed by atoms with Crippen molar-refractivity contribution in [1.29, 1.82) is 0 Å². The molecular weight excluding hydrogens is 132 g/mol. The topological polar surface area (TPSA) is 0 Å². The van der Waals surface area contributed by atoms with E-state index in [1.54, 1.807) is 0 Å². The van der Waals surface area contributed by atoms with Gasteiger partial charge in [0.2, 0.25) is 0 Å². The molecular formula is C8H13Cl. The fourth-order valence-electron chi connectivity index (χ4n) is 0.553.